The molecule has 2 aromatic rings. The maximum atomic E-state index is 11.8. The first-order valence-corrected chi connectivity index (χ1v) is 7.50. The van der Waals surface area contributed by atoms with E-state index in [9.17, 15) is 9.59 Å². The number of thiophene rings is 1. The molecule has 1 amide bonds. The highest BCUT2D eigenvalue weighted by Crippen LogP contribution is 2.13. The summed E-state index contributed by atoms with van der Waals surface area (Å²) in [5.74, 6) is -0.979. The van der Waals surface area contributed by atoms with E-state index in [1.807, 2.05) is 11.4 Å². The minimum Gasteiger partial charge on any atom is -0.481 e. The van der Waals surface area contributed by atoms with Gasteiger partial charge in [-0.2, -0.15) is 0 Å². The summed E-state index contributed by atoms with van der Waals surface area (Å²) in [5, 5.41) is 13.4. The number of pyridine rings is 1. The Morgan fingerprint density at radius 1 is 1.29 bits per heavy atom. The number of carboxylic acid groups (broad SMARTS) is 1. The highest BCUT2D eigenvalue weighted by atomic mass is 32.1. The van der Waals surface area contributed by atoms with Gasteiger partial charge in [0, 0.05) is 11.3 Å². The summed E-state index contributed by atoms with van der Waals surface area (Å²) in [6.07, 6.45) is 3.52. The summed E-state index contributed by atoms with van der Waals surface area (Å²) in [5.41, 5.74) is 1.06. The molecule has 5 nitrogen and oxygen atoms in total. The lowest BCUT2D eigenvalue weighted by molar-refractivity contribution is -0.136. The first kappa shape index (κ1) is 15.2. The molecule has 0 saturated carbocycles. The smallest absolute Gasteiger partial charge is 0.309 e. The Hall–Kier alpha value is -2.21. The molecule has 0 unspecified atom stereocenters. The molecule has 0 aromatic carbocycles. The number of rotatable bonds is 7. The van der Waals surface area contributed by atoms with Gasteiger partial charge in [0.25, 0.3) is 0 Å². The van der Waals surface area contributed by atoms with Gasteiger partial charge in [0.1, 0.15) is 0 Å². The fourth-order valence-electron chi connectivity index (χ4n) is 1.86. The molecule has 0 aliphatic carbocycles. The van der Waals surface area contributed by atoms with E-state index in [4.69, 9.17) is 5.11 Å². The van der Waals surface area contributed by atoms with Crippen LogP contribution in [0.3, 0.4) is 0 Å². The minimum atomic E-state index is -0.923. The monoisotopic (exact) mass is 304 g/mol. The van der Waals surface area contributed by atoms with E-state index in [-0.39, 0.29) is 12.3 Å². The summed E-state index contributed by atoms with van der Waals surface area (Å²) in [6, 6.07) is 7.34. The van der Waals surface area contributed by atoms with Gasteiger partial charge in [-0.1, -0.05) is 6.07 Å². The lowest BCUT2D eigenvalue weighted by Gasteiger charge is -2.05. The number of carboxylic acids is 1. The molecule has 0 spiro atoms. The third kappa shape index (κ3) is 5.35. The quantitative estimate of drug-likeness (QED) is 0.824. The molecular formula is C15H16N2O3S. The molecule has 21 heavy (non-hydrogen) atoms. The van der Waals surface area contributed by atoms with E-state index in [2.05, 4.69) is 16.4 Å². The SMILES string of the molecule is O=C(O)Cc1ccc(NC(=O)CCCc2cccs2)cn1. The second-order valence-corrected chi connectivity index (χ2v) is 5.62. The summed E-state index contributed by atoms with van der Waals surface area (Å²) in [6.45, 7) is 0. The largest absolute Gasteiger partial charge is 0.481 e. The Balaban J connectivity index is 1.75. The molecule has 2 rings (SSSR count). The molecule has 0 bridgehead atoms. The fourth-order valence-corrected chi connectivity index (χ4v) is 2.61. The van der Waals surface area contributed by atoms with Crippen LogP contribution in [0.15, 0.2) is 35.8 Å². The Morgan fingerprint density at radius 2 is 2.14 bits per heavy atom. The van der Waals surface area contributed by atoms with Crippen LogP contribution in [-0.2, 0) is 22.4 Å². The molecule has 0 saturated heterocycles. The van der Waals surface area contributed by atoms with Crippen LogP contribution in [0.5, 0.6) is 0 Å². The van der Waals surface area contributed by atoms with E-state index in [1.54, 1.807) is 23.5 Å². The van der Waals surface area contributed by atoms with E-state index in [1.165, 1.54) is 11.1 Å². The van der Waals surface area contributed by atoms with Crippen LogP contribution in [-0.4, -0.2) is 22.0 Å². The van der Waals surface area contributed by atoms with Crippen molar-refractivity contribution in [3.63, 3.8) is 0 Å². The summed E-state index contributed by atoms with van der Waals surface area (Å²) in [4.78, 5) is 27.6. The number of carbonyl (C=O) groups is 2. The standard InChI is InChI=1S/C15H16N2O3S/c18-14(5-1-3-13-4-2-8-21-13)17-12-7-6-11(16-10-12)9-15(19)20/h2,4,6-8,10H,1,3,5,9H2,(H,17,18)(H,19,20). The molecule has 6 heteroatoms. The second kappa shape index (κ2) is 7.54. The van der Waals surface area contributed by atoms with Crippen LogP contribution in [0.2, 0.25) is 0 Å². The number of aromatic nitrogens is 1. The molecule has 0 aliphatic heterocycles. The van der Waals surface area contributed by atoms with Crippen molar-refractivity contribution in [2.45, 2.75) is 25.7 Å². The van der Waals surface area contributed by atoms with E-state index < -0.39 is 5.97 Å². The van der Waals surface area contributed by atoms with Gasteiger partial charge in [0.2, 0.25) is 5.91 Å². The Kier molecular flexibility index (Phi) is 5.45. The fraction of sp³-hybridized carbons (Fsp3) is 0.267. The Labute approximate surface area is 126 Å². The zero-order valence-corrected chi connectivity index (χ0v) is 12.2. The van der Waals surface area contributed by atoms with Crippen LogP contribution in [0.4, 0.5) is 5.69 Å². The first-order valence-electron chi connectivity index (χ1n) is 6.62. The molecule has 0 aliphatic rings. The number of nitrogens with zero attached hydrogens (tertiary/aromatic N) is 1. The number of aryl methyl sites for hydroxylation is 1. The van der Waals surface area contributed by atoms with Crippen LogP contribution in [0.25, 0.3) is 0 Å². The van der Waals surface area contributed by atoms with Gasteiger partial charge in [-0.05, 0) is 36.4 Å². The van der Waals surface area contributed by atoms with Crippen LogP contribution >= 0.6 is 11.3 Å². The van der Waals surface area contributed by atoms with Crippen molar-refractivity contribution in [3.05, 3.63) is 46.4 Å². The van der Waals surface area contributed by atoms with Crippen molar-refractivity contribution in [2.24, 2.45) is 0 Å². The van der Waals surface area contributed by atoms with Gasteiger partial charge in [0.15, 0.2) is 0 Å². The van der Waals surface area contributed by atoms with Crippen molar-refractivity contribution in [2.75, 3.05) is 5.32 Å². The molecule has 2 aromatic heterocycles. The van der Waals surface area contributed by atoms with Crippen LogP contribution < -0.4 is 5.32 Å². The maximum Gasteiger partial charge on any atom is 0.309 e. The average Bonchev–Trinajstić information content (AvgIpc) is 2.93. The number of nitrogens with one attached hydrogen (secondary N) is 1. The predicted molar refractivity (Wildman–Crippen MR) is 81.5 cm³/mol. The summed E-state index contributed by atoms with van der Waals surface area (Å²) < 4.78 is 0. The topological polar surface area (TPSA) is 79.3 Å². The number of carbonyl (C=O) groups excluding carboxylic acids is 1. The van der Waals surface area contributed by atoms with Gasteiger partial charge >= 0.3 is 5.97 Å². The van der Waals surface area contributed by atoms with Crippen LogP contribution in [0.1, 0.15) is 23.4 Å². The first-order chi connectivity index (χ1) is 10.1. The number of amides is 1. The molecule has 2 heterocycles. The van der Waals surface area contributed by atoms with E-state index in [0.29, 0.717) is 17.8 Å². The molecule has 0 radical (unpaired) electrons. The third-order valence-corrected chi connectivity index (χ3v) is 3.78. The summed E-state index contributed by atoms with van der Waals surface area (Å²) in [7, 11) is 0. The molecule has 110 valence electrons. The highest BCUT2D eigenvalue weighted by Gasteiger charge is 2.05. The van der Waals surface area contributed by atoms with Crippen molar-refractivity contribution in [1.29, 1.82) is 0 Å². The summed E-state index contributed by atoms with van der Waals surface area (Å²) >= 11 is 1.70. The normalized spacial score (nSPS) is 10.3. The van der Waals surface area contributed by atoms with E-state index >= 15 is 0 Å². The van der Waals surface area contributed by atoms with Crippen molar-refractivity contribution < 1.29 is 14.7 Å². The van der Waals surface area contributed by atoms with Crippen LogP contribution in [0, 0.1) is 0 Å². The number of anilines is 1. The zero-order valence-electron chi connectivity index (χ0n) is 11.4. The van der Waals surface area contributed by atoms with Gasteiger partial charge in [-0.25, -0.2) is 0 Å². The Morgan fingerprint density at radius 3 is 2.76 bits per heavy atom. The van der Waals surface area contributed by atoms with Gasteiger partial charge < -0.3 is 10.4 Å². The third-order valence-electron chi connectivity index (χ3n) is 2.85. The second-order valence-electron chi connectivity index (χ2n) is 4.59. The zero-order chi connectivity index (χ0) is 15.1. The van der Waals surface area contributed by atoms with Gasteiger partial charge in [-0.15, -0.1) is 11.3 Å². The molecular weight excluding hydrogens is 288 g/mol. The molecule has 0 atom stereocenters. The lowest BCUT2D eigenvalue weighted by atomic mass is 10.2. The number of hydrogen-bond acceptors (Lipinski definition) is 4. The number of hydrogen-bond donors (Lipinski definition) is 2. The average molecular weight is 304 g/mol. The minimum absolute atomic E-state index is 0.0562. The van der Waals surface area contributed by atoms with Crippen molar-refractivity contribution in [3.8, 4) is 0 Å². The molecule has 0 fully saturated rings. The highest BCUT2D eigenvalue weighted by molar-refractivity contribution is 7.09. The lowest BCUT2D eigenvalue weighted by Crippen LogP contribution is -2.12. The van der Waals surface area contributed by atoms with E-state index in [0.717, 1.165) is 12.8 Å². The van der Waals surface area contributed by atoms with Gasteiger partial charge in [0.05, 0.1) is 24.0 Å². The number of aliphatic carboxylic acids is 1. The Bertz CT molecular complexity index is 594. The predicted octanol–water partition coefficient (Wildman–Crippen LogP) is 2.73. The van der Waals surface area contributed by atoms with Gasteiger partial charge in [-0.3, -0.25) is 14.6 Å². The van der Waals surface area contributed by atoms with Crippen molar-refractivity contribution >= 4 is 28.9 Å². The maximum absolute atomic E-state index is 11.8. The van der Waals surface area contributed by atoms with Crippen molar-refractivity contribution in [1.82, 2.24) is 4.98 Å². The molecule has 2 N–H and O–H groups in total.